The first kappa shape index (κ1) is 19.8. The molecule has 10 heteroatoms. The van der Waals surface area contributed by atoms with Gasteiger partial charge < -0.3 is 25.4 Å². The number of aryl methyl sites for hydroxylation is 1. The van der Waals surface area contributed by atoms with Crippen molar-refractivity contribution < 1.29 is 4.79 Å². The molecule has 0 saturated carbocycles. The number of hydrogen-bond donors (Lipinski definition) is 3. The third-order valence-electron chi connectivity index (χ3n) is 6.08. The summed E-state index contributed by atoms with van der Waals surface area (Å²) in [7, 11) is 0. The Morgan fingerprint density at radius 3 is 3.06 bits per heavy atom. The Morgan fingerprint density at radius 2 is 2.26 bits per heavy atom. The Balaban J connectivity index is 1.40. The first-order valence-electron chi connectivity index (χ1n) is 11.1. The van der Waals surface area contributed by atoms with Crippen LogP contribution in [0.15, 0.2) is 30.9 Å². The number of carbonyl (C=O) groups is 1. The number of carbonyl (C=O) groups excluding carboxylic acids is 1. The summed E-state index contributed by atoms with van der Waals surface area (Å²) in [5.41, 5.74) is 0.864. The number of aromatic nitrogens is 5. The Morgan fingerprint density at radius 1 is 1.32 bits per heavy atom. The first-order valence-corrected chi connectivity index (χ1v) is 11.1. The molecule has 3 aromatic rings. The summed E-state index contributed by atoms with van der Waals surface area (Å²) in [6.07, 6.45) is 9.51. The van der Waals surface area contributed by atoms with Gasteiger partial charge in [-0.15, -0.1) is 5.10 Å². The van der Waals surface area contributed by atoms with Gasteiger partial charge in [-0.3, -0.25) is 4.79 Å². The van der Waals surface area contributed by atoms with Gasteiger partial charge in [0.25, 0.3) is 0 Å². The largest absolute Gasteiger partial charge is 0.350 e. The van der Waals surface area contributed by atoms with E-state index in [0.717, 1.165) is 63.2 Å². The molecule has 31 heavy (non-hydrogen) atoms. The van der Waals surface area contributed by atoms with Crippen LogP contribution in [0.5, 0.6) is 0 Å². The number of hydrogen-bond acceptors (Lipinski definition) is 7. The third kappa shape index (κ3) is 4.07. The SMILES string of the molecule is CCn1cnc(Nc2nc(N3CCCC3C(=O)NC3CCCNC3)nn3cccc23)c1. The van der Waals surface area contributed by atoms with Gasteiger partial charge in [-0.25, -0.2) is 9.50 Å². The topological polar surface area (TPSA) is 104 Å². The van der Waals surface area contributed by atoms with Crippen LogP contribution in [-0.2, 0) is 11.3 Å². The summed E-state index contributed by atoms with van der Waals surface area (Å²) in [5.74, 6) is 2.04. The van der Waals surface area contributed by atoms with Crippen molar-refractivity contribution in [1.82, 2.24) is 34.8 Å². The highest BCUT2D eigenvalue weighted by molar-refractivity contribution is 5.86. The van der Waals surface area contributed by atoms with Crippen LogP contribution in [0.1, 0.15) is 32.6 Å². The standard InChI is InChI=1S/C21H29N9O/c1-2-28-13-18(23-14-28)25-19-16-7-5-11-30(16)27-21(26-19)29-10-4-8-17(29)20(31)24-15-6-3-9-22-12-15/h5,7,11,13-15,17,22H,2-4,6,8-10,12H2,1H3,(H,24,31)(H,25,26,27). The number of amides is 1. The summed E-state index contributed by atoms with van der Waals surface area (Å²) in [6.45, 7) is 5.55. The molecule has 1 amide bonds. The minimum absolute atomic E-state index is 0.0681. The number of nitrogens with one attached hydrogen (secondary N) is 3. The van der Waals surface area contributed by atoms with Crippen molar-refractivity contribution >= 4 is 29.0 Å². The van der Waals surface area contributed by atoms with E-state index in [1.54, 1.807) is 10.8 Å². The fourth-order valence-electron chi connectivity index (χ4n) is 4.41. The average molecular weight is 424 g/mol. The highest BCUT2D eigenvalue weighted by Crippen LogP contribution is 2.27. The molecule has 0 aromatic carbocycles. The molecule has 2 aliphatic rings. The minimum Gasteiger partial charge on any atom is -0.350 e. The Labute approximate surface area is 181 Å². The van der Waals surface area contributed by atoms with Gasteiger partial charge in [0.15, 0.2) is 5.82 Å². The molecule has 164 valence electrons. The normalized spacial score (nSPS) is 21.5. The van der Waals surface area contributed by atoms with Crippen molar-refractivity contribution in [3.8, 4) is 0 Å². The summed E-state index contributed by atoms with van der Waals surface area (Å²) in [5, 5.41) is 14.6. The van der Waals surface area contributed by atoms with Gasteiger partial charge in [-0.2, -0.15) is 4.98 Å². The molecule has 10 nitrogen and oxygen atoms in total. The second-order valence-electron chi connectivity index (χ2n) is 8.22. The van der Waals surface area contributed by atoms with E-state index in [1.165, 1.54) is 0 Å². The van der Waals surface area contributed by atoms with E-state index in [0.29, 0.717) is 11.8 Å². The molecule has 5 heterocycles. The lowest BCUT2D eigenvalue weighted by Crippen LogP contribution is -2.51. The van der Waals surface area contributed by atoms with Gasteiger partial charge in [0.05, 0.1) is 6.33 Å². The monoisotopic (exact) mass is 423 g/mol. The number of imidazole rings is 1. The third-order valence-corrected chi connectivity index (χ3v) is 6.08. The van der Waals surface area contributed by atoms with Gasteiger partial charge in [0, 0.05) is 38.1 Å². The summed E-state index contributed by atoms with van der Waals surface area (Å²) in [4.78, 5) is 24.3. The highest BCUT2D eigenvalue weighted by atomic mass is 16.2. The average Bonchev–Trinajstić information content (AvgIpc) is 3.54. The van der Waals surface area contributed by atoms with Gasteiger partial charge in [0.2, 0.25) is 11.9 Å². The zero-order chi connectivity index (χ0) is 21.2. The second-order valence-corrected chi connectivity index (χ2v) is 8.22. The fraction of sp³-hybridized carbons (Fsp3) is 0.524. The number of rotatable bonds is 6. The van der Waals surface area contributed by atoms with Crippen molar-refractivity contribution in [3.63, 3.8) is 0 Å². The predicted molar refractivity (Wildman–Crippen MR) is 119 cm³/mol. The maximum absolute atomic E-state index is 13.1. The fourth-order valence-corrected chi connectivity index (χ4v) is 4.41. The number of fused-ring (bicyclic) bond motifs is 1. The van der Waals surface area contributed by atoms with E-state index in [1.807, 2.05) is 34.0 Å². The highest BCUT2D eigenvalue weighted by Gasteiger charge is 2.34. The molecule has 2 saturated heterocycles. The van der Waals surface area contributed by atoms with Crippen LogP contribution in [0.2, 0.25) is 0 Å². The smallest absolute Gasteiger partial charge is 0.246 e. The molecular weight excluding hydrogens is 394 g/mol. The predicted octanol–water partition coefficient (Wildman–Crippen LogP) is 1.53. The van der Waals surface area contributed by atoms with E-state index in [-0.39, 0.29) is 18.0 Å². The molecule has 3 aromatic heterocycles. The summed E-state index contributed by atoms with van der Waals surface area (Å²) in [6, 6.07) is 3.85. The van der Waals surface area contributed by atoms with Crippen LogP contribution in [0.3, 0.4) is 0 Å². The van der Waals surface area contributed by atoms with Crippen LogP contribution in [0.4, 0.5) is 17.6 Å². The Kier molecular flexibility index (Phi) is 5.46. The zero-order valence-corrected chi connectivity index (χ0v) is 17.8. The molecule has 0 aliphatic carbocycles. The first-order chi connectivity index (χ1) is 15.2. The zero-order valence-electron chi connectivity index (χ0n) is 17.8. The van der Waals surface area contributed by atoms with E-state index in [9.17, 15) is 4.79 Å². The molecule has 2 aliphatic heterocycles. The quantitative estimate of drug-likeness (QED) is 0.552. The Hall–Kier alpha value is -3.14. The van der Waals surface area contributed by atoms with Gasteiger partial charge >= 0.3 is 0 Å². The summed E-state index contributed by atoms with van der Waals surface area (Å²) >= 11 is 0. The molecule has 2 atom stereocenters. The van der Waals surface area contributed by atoms with Gasteiger partial charge in [0.1, 0.15) is 17.4 Å². The minimum atomic E-state index is -0.248. The molecule has 0 bridgehead atoms. The molecule has 0 radical (unpaired) electrons. The van der Waals surface area contributed by atoms with Crippen LogP contribution in [-0.4, -0.2) is 61.8 Å². The Bertz CT molecular complexity index is 1050. The van der Waals surface area contributed by atoms with E-state index in [2.05, 4.69) is 27.9 Å². The van der Waals surface area contributed by atoms with Gasteiger partial charge in [-0.05, 0) is 51.3 Å². The number of anilines is 3. The molecular formula is C21H29N9O. The lowest BCUT2D eigenvalue weighted by Gasteiger charge is -2.28. The van der Waals surface area contributed by atoms with Crippen molar-refractivity contribution in [1.29, 1.82) is 0 Å². The molecule has 3 N–H and O–H groups in total. The van der Waals surface area contributed by atoms with E-state index in [4.69, 9.17) is 10.1 Å². The van der Waals surface area contributed by atoms with Crippen molar-refractivity contribution in [2.45, 2.75) is 51.2 Å². The van der Waals surface area contributed by atoms with E-state index >= 15 is 0 Å². The van der Waals surface area contributed by atoms with Crippen LogP contribution >= 0.6 is 0 Å². The molecule has 2 fully saturated rings. The van der Waals surface area contributed by atoms with Crippen molar-refractivity contribution in [3.05, 3.63) is 30.9 Å². The molecule has 5 rings (SSSR count). The molecule has 2 unspecified atom stereocenters. The number of nitrogens with zero attached hydrogens (tertiary/aromatic N) is 6. The lowest BCUT2D eigenvalue weighted by atomic mass is 10.1. The summed E-state index contributed by atoms with van der Waals surface area (Å²) < 4.78 is 3.81. The number of piperidine rings is 1. The second kappa shape index (κ2) is 8.54. The van der Waals surface area contributed by atoms with Crippen molar-refractivity contribution in [2.75, 3.05) is 29.9 Å². The van der Waals surface area contributed by atoms with Crippen molar-refractivity contribution in [2.24, 2.45) is 0 Å². The van der Waals surface area contributed by atoms with Crippen LogP contribution in [0.25, 0.3) is 5.52 Å². The van der Waals surface area contributed by atoms with Crippen LogP contribution < -0.4 is 20.9 Å². The maximum Gasteiger partial charge on any atom is 0.246 e. The lowest BCUT2D eigenvalue weighted by molar-refractivity contribution is -0.123. The van der Waals surface area contributed by atoms with Crippen LogP contribution in [0, 0.1) is 0 Å². The van der Waals surface area contributed by atoms with E-state index < -0.39 is 0 Å². The molecule has 0 spiro atoms. The maximum atomic E-state index is 13.1. The van der Waals surface area contributed by atoms with Gasteiger partial charge in [-0.1, -0.05) is 0 Å².